The third-order valence-corrected chi connectivity index (χ3v) is 5.59. The lowest BCUT2D eigenvalue weighted by molar-refractivity contribution is 0.0971. The van der Waals surface area contributed by atoms with E-state index in [0.29, 0.717) is 11.3 Å². The number of hydrogen-bond donors (Lipinski definition) is 1. The van der Waals surface area contributed by atoms with Crippen LogP contribution in [-0.4, -0.2) is 18.1 Å². The zero-order chi connectivity index (χ0) is 19.9. The molecule has 1 amide bonds. The van der Waals surface area contributed by atoms with Crippen LogP contribution in [-0.2, 0) is 5.41 Å². The largest absolute Gasteiger partial charge is 0.508 e. The molecule has 1 N–H and O–H groups in total. The number of benzene rings is 3. The molecule has 4 nitrogen and oxygen atoms in total. The minimum atomic E-state index is -0.364. The molecule has 4 heteroatoms. The average Bonchev–Trinajstić information content (AvgIpc) is 2.95. The maximum Gasteiger partial charge on any atom is 0.258 e. The van der Waals surface area contributed by atoms with Crippen molar-refractivity contribution >= 4 is 11.6 Å². The Kier molecular flexibility index (Phi) is 4.34. The van der Waals surface area contributed by atoms with Gasteiger partial charge in [-0.05, 0) is 42.0 Å². The van der Waals surface area contributed by atoms with Crippen molar-refractivity contribution in [3.05, 3.63) is 89.5 Å². The fraction of sp³-hybridized carbons (Fsp3) is 0.208. The first-order valence-electron chi connectivity index (χ1n) is 9.30. The summed E-state index contributed by atoms with van der Waals surface area (Å²) in [7, 11) is 1.60. The first-order valence-corrected chi connectivity index (χ1v) is 9.30. The molecule has 0 fully saturated rings. The Balaban J connectivity index is 1.88. The predicted octanol–water partition coefficient (Wildman–Crippen LogP) is 5.08. The number of para-hydroxylation sites is 2. The van der Waals surface area contributed by atoms with Crippen molar-refractivity contribution in [2.75, 3.05) is 12.0 Å². The van der Waals surface area contributed by atoms with Gasteiger partial charge in [-0.25, -0.2) is 0 Å². The molecule has 28 heavy (non-hydrogen) atoms. The summed E-state index contributed by atoms with van der Waals surface area (Å²) in [5.74, 6) is 0.797. The van der Waals surface area contributed by atoms with Gasteiger partial charge in [0.2, 0.25) is 0 Å². The number of carbonyl (C=O) groups excluding carboxylic acids is 1. The van der Waals surface area contributed by atoms with Crippen LogP contribution < -0.4 is 9.64 Å². The van der Waals surface area contributed by atoms with Crippen molar-refractivity contribution in [3.8, 4) is 11.5 Å². The molecule has 0 saturated heterocycles. The summed E-state index contributed by atoms with van der Waals surface area (Å²) in [6.07, 6.45) is 0. The molecule has 1 aliphatic heterocycles. The predicted molar refractivity (Wildman–Crippen MR) is 110 cm³/mol. The highest BCUT2D eigenvalue weighted by Crippen LogP contribution is 2.54. The summed E-state index contributed by atoms with van der Waals surface area (Å²) < 4.78 is 5.21. The van der Waals surface area contributed by atoms with E-state index in [0.717, 1.165) is 16.8 Å². The lowest BCUT2D eigenvalue weighted by Gasteiger charge is -2.34. The van der Waals surface area contributed by atoms with Crippen LogP contribution in [0.15, 0.2) is 72.8 Å². The van der Waals surface area contributed by atoms with Gasteiger partial charge in [-0.3, -0.25) is 9.69 Å². The number of rotatable bonds is 3. The molecule has 3 aromatic carbocycles. The Hall–Kier alpha value is -3.27. The summed E-state index contributed by atoms with van der Waals surface area (Å²) in [5.41, 5.74) is 2.92. The second-order valence-corrected chi connectivity index (χ2v) is 7.60. The Morgan fingerprint density at radius 1 is 0.964 bits per heavy atom. The highest BCUT2D eigenvalue weighted by molar-refractivity contribution is 6.08. The Morgan fingerprint density at radius 3 is 2.29 bits per heavy atom. The lowest BCUT2D eigenvalue weighted by Crippen LogP contribution is -2.38. The monoisotopic (exact) mass is 373 g/mol. The van der Waals surface area contributed by atoms with E-state index in [4.69, 9.17) is 4.74 Å². The standard InChI is InChI=1S/C24H23NO3/c1-24(2)19-9-5-6-10-20(19)25(22(24)18-8-4-7-11-21(18)26)23(27)16-12-14-17(28-3)15-13-16/h4-15,22,26H,1-3H3/t22-/m1/s1. The number of fused-ring (bicyclic) bond motifs is 1. The lowest BCUT2D eigenvalue weighted by atomic mass is 9.77. The van der Waals surface area contributed by atoms with Crippen LogP contribution in [0.3, 0.4) is 0 Å². The molecule has 3 aromatic rings. The maximum absolute atomic E-state index is 13.6. The minimum Gasteiger partial charge on any atom is -0.508 e. The summed E-state index contributed by atoms with van der Waals surface area (Å²) in [6, 6.07) is 22.0. The highest BCUT2D eigenvalue weighted by Gasteiger charge is 2.48. The van der Waals surface area contributed by atoms with Gasteiger partial charge >= 0.3 is 0 Å². The van der Waals surface area contributed by atoms with Crippen LogP contribution in [0.1, 0.15) is 41.4 Å². The molecule has 1 aliphatic rings. The normalized spacial score (nSPS) is 17.2. The number of methoxy groups -OCH3 is 1. The molecule has 0 spiro atoms. The molecule has 0 aliphatic carbocycles. The van der Waals surface area contributed by atoms with Crippen LogP contribution in [0.4, 0.5) is 5.69 Å². The SMILES string of the molecule is COc1ccc(C(=O)N2c3ccccc3C(C)(C)[C@H]2c2ccccc2O)cc1. The van der Waals surface area contributed by atoms with Crippen LogP contribution in [0.5, 0.6) is 11.5 Å². The number of anilines is 1. The van der Waals surface area contributed by atoms with Crippen LogP contribution in [0, 0.1) is 0 Å². The fourth-order valence-corrected chi connectivity index (χ4v) is 4.18. The highest BCUT2D eigenvalue weighted by atomic mass is 16.5. The molecular weight excluding hydrogens is 350 g/mol. The molecule has 1 atom stereocenters. The van der Waals surface area contributed by atoms with Crippen LogP contribution >= 0.6 is 0 Å². The molecule has 1 heterocycles. The van der Waals surface area contributed by atoms with Gasteiger partial charge in [0, 0.05) is 22.2 Å². The number of phenols is 1. The Labute approximate surface area is 165 Å². The maximum atomic E-state index is 13.6. The van der Waals surface area contributed by atoms with E-state index >= 15 is 0 Å². The smallest absolute Gasteiger partial charge is 0.258 e. The van der Waals surface area contributed by atoms with Gasteiger partial charge in [-0.2, -0.15) is 0 Å². The zero-order valence-corrected chi connectivity index (χ0v) is 16.2. The third kappa shape index (κ3) is 2.73. The number of carbonyl (C=O) groups is 1. The molecule has 0 saturated carbocycles. The molecular formula is C24H23NO3. The van der Waals surface area contributed by atoms with Gasteiger partial charge in [0.1, 0.15) is 11.5 Å². The second kappa shape index (κ2) is 6.71. The summed E-state index contributed by atoms with van der Waals surface area (Å²) in [4.78, 5) is 15.4. The number of nitrogens with zero attached hydrogens (tertiary/aromatic N) is 1. The first kappa shape index (κ1) is 18.1. The first-order chi connectivity index (χ1) is 13.4. The van der Waals surface area contributed by atoms with Crippen molar-refractivity contribution in [1.29, 1.82) is 0 Å². The Bertz CT molecular complexity index is 1020. The molecule has 4 rings (SSSR count). The van der Waals surface area contributed by atoms with E-state index in [1.807, 2.05) is 35.2 Å². The van der Waals surface area contributed by atoms with E-state index in [1.54, 1.807) is 43.5 Å². The summed E-state index contributed by atoms with van der Waals surface area (Å²) in [5, 5.41) is 10.6. The van der Waals surface area contributed by atoms with Crippen LogP contribution in [0.2, 0.25) is 0 Å². The van der Waals surface area contributed by atoms with Gasteiger partial charge in [-0.1, -0.05) is 50.2 Å². The number of phenolic OH excluding ortho intramolecular Hbond substituents is 1. The van der Waals surface area contributed by atoms with Gasteiger partial charge in [0.15, 0.2) is 0 Å². The number of hydrogen-bond acceptors (Lipinski definition) is 3. The van der Waals surface area contributed by atoms with E-state index < -0.39 is 0 Å². The number of aromatic hydroxyl groups is 1. The molecule has 0 radical (unpaired) electrons. The fourth-order valence-electron chi connectivity index (χ4n) is 4.18. The van der Waals surface area contributed by atoms with Gasteiger partial charge in [0.05, 0.1) is 13.2 Å². The Morgan fingerprint density at radius 2 is 1.61 bits per heavy atom. The van der Waals surface area contributed by atoms with Crippen molar-refractivity contribution in [1.82, 2.24) is 0 Å². The molecule has 0 aromatic heterocycles. The van der Waals surface area contributed by atoms with Gasteiger partial charge in [0.25, 0.3) is 5.91 Å². The topological polar surface area (TPSA) is 49.8 Å². The zero-order valence-electron chi connectivity index (χ0n) is 16.2. The number of ether oxygens (including phenoxy) is 1. The average molecular weight is 373 g/mol. The van der Waals surface area contributed by atoms with E-state index in [9.17, 15) is 9.90 Å². The van der Waals surface area contributed by atoms with Crippen molar-refractivity contribution in [2.45, 2.75) is 25.3 Å². The van der Waals surface area contributed by atoms with Gasteiger partial charge in [-0.15, -0.1) is 0 Å². The molecule has 0 bridgehead atoms. The second-order valence-electron chi connectivity index (χ2n) is 7.60. The number of amides is 1. The minimum absolute atomic E-state index is 0.103. The van der Waals surface area contributed by atoms with Crippen molar-refractivity contribution < 1.29 is 14.6 Å². The third-order valence-electron chi connectivity index (χ3n) is 5.59. The van der Waals surface area contributed by atoms with Crippen LogP contribution in [0.25, 0.3) is 0 Å². The quantitative estimate of drug-likeness (QED) is 0.696. The molecule has 142 valence electrons. The van der Waals surface area contributed by atoms with Crippen molar-refractivity contribution in [2.24, 2.45) is 0 Å². The van der Waals surface area contributed by atoms with E-state index in [2.05, 4.69) is 19.9 Å². The van der Waals surface area contributed by atoms with E-state index in [1.165, 1.54) is 0 Å². The van der Waals surface area contributed by atoms with Gasteiger partial charge < -0.3 is 9.84 Å². The van der Waals surface area contributed by atoms with E-state index in [-0.39, 0.29) is 23.1 Å². The van der Waals surface area contributed by atoms with Crippen molar-refractivity contribution in [3.63, 3.8) is 0 Å². The summed E-state index contributed by atoms with van der Waals surface area (Å²) >= 11 is 0. The summed E-state index contributed by atoms with van der Waals surface area (Å²) in [6.45, 7) is 4.23. The molecule has 0 unspecified atom stereocenters.